The van der Waals surface area contributed by atoms with Crippen molar-refractivity contribution in [2.75, 3.05) is 26.3 Å². The van der Waals surface area contributed by atoms with Gasteiger partial charge in [0.15, 0.2) is 0 Å². The molecule has 1 saturated heterocycles. The Hall–Kier alpha value is -1.73. The van der Waals surface area contributed by atoms with Gasteiger partial charge in [-0.2, -0.15) is 0 Å². The Balaban J connectivity index is 1.53. The van der Waals surface area contributed by atoms with Crippen LogP contribution in [-0.4, -0.2) is 54.4 Å². The average molecular weight is 536 g/mol. The first-order valence-corrected chi connectivity index (χ1v) is 14.1. The highest BCUT2D eigenvalue weighted by Crippen LogP contribution is 2.34. The number of carbonyl (C=O) groups is 1. The molecule has 5 nitrogen and oxygen atoms in total. The van der Waals surface area contributed by atoms with Crippen molar-refractivity contribution in [3.63, 3.8) is 0 Å². The molecular formula is C30H43ClFNO4. The van der Waals surface area contributed by atoms with E-state index in [2.05, 4.69) is 17.9 Å². The van der Waals surface area contributed by atoms with E-state index >= 15 is 0 Å². The Morgan fingerprint density at radius 2 is 2.11 bits per heavy atom. The number of benzene rings is 1. The number of likely N-dealkylation sites (tertiary alicyclic amines) is 1. The molecule has 1 aromatic carbocycles. The number of nitrogens with zero attached hydrogens (tertiary/aromatic N) is 1. The fourth-order valence-corrected chi connectivity index (χ4v) is 5.82. The van der Waals surface area contributed by atoms with Crippen LogP contribution in [0.4, 0.5) is 4.39 Å². The first-order valence-electron chi connectivity index (χ1n) is 13.8. The van der Waals surface area contributed by atoms with Gasteiger partial charge in [0, 0.05) is 24.0 Å². The Morgan fingerprint density at radius 1 is 1.32 bits per heavy atom. The molecule has 0 aromatic heterocycles. The molecule has 0 amide bonds. The highest BCUT2D eigenvalue weighted by atomic mass is 35.5. The number of esters is 1. The fraction of sp³-hybridized carbons (Fsp3) is 0.633. The van der Waals surface area contributed by atoms with E-state index in [1.165, 1.54) is 11.6 Å². The molecular weight excluding hydrogens is 493 g/mol. The molecule has 0 bridgehead atoms. The quantitative estimate of drug-likeness (QED) is 0.296. The van der Waals surface area contributed by atoms with Crippen LogP contribution in [0.25, 0.3) is 0 Å². The number of ether oxygens (including phenoxy) is 2. The Kier molecular flexibility index (Phi) is 11.6. The van der Waals surface area contributed by atoms with Gasteiger partial charge in [-0.15, -0.1) is 0 Å². The van der Waals surface area contributed by atoms with E-state index in [1.807, 2.05) is 13.0 Å². The number of rotatable bonds is 13. The lowest BCUT2D eigenvalue weighted by atomic mass is 9.87. The molecule has 37 heavy (non-hydrogen) atoms. The Morgan fingerprint density at radius 3 is 2.84 bits per heavy atom. The van der Waals surface area contributed by atoms with Crippen molar-refractivity contribution >= 4 is 17.6 Å². The number of β-amino-alcohol motifs (C(OH)–C–C–N with tert-alkyl or cyclic N) is 1. The maximum absolute atomic E-state index is 14.4. The second kappa shape index (κ2) is 14.4. The van der Waals surface area contributed by atoms with Gasteiger partial charge < -0.3 is 14.6 Å². The summed E-state index contributed by atoms with van der Waals surface area (Å²) < 4.78 is 25.5. The van der Waals surface area contributed by atoms with Crippen LogP contribution in [0, 0.1) is 18.7 Å². The molecule has 3 rings (SSSR count). The lowest BCUT2D eigenvalue weighted by molar-refractivity contribution is -0.143. The second-order valence-corrected chi connectivity index (χ2v) is 10.8. The SMILES string of the molecule is CCOC(=O)CCc1cc(C)c(F)cc1[C@@H](C)OC[C@H](O)CN1CCC[C@H]1CC1C=CC(Cl)=C(CC)C1. The first kappa shape index (κ1) is 29.8. The monoisotopic (exact) mass is 535 g/mol. The van der Waals surface area contributed by atoms with Crippen molar-refractivity contribution < 1.29 is 23.8 Å². The van der Waals surface area contributed by atoms with E-state index in [0.717, 1.165) is 49.2 Å². The van der Waals surface area contributed by atoms with Crippen LogP contribution in [0.15, 0.2) is 34.9 Å². The predicted molar refractivity (Wildman–Crippen MR) is 146 cm³/mol. The smallest absolute Gasteiger partial charge is 0.306 e. The van der Waals surface area contributed by atoms with Crippen LogP contribution in [0.5, 0.6) is 0 Å². The summed E-state index contributed by atoms with van der Waals surface area (Å²) in [7, 11) is 0. The summed E-state index contributed by atoms with van der Waals surface area (Å²) in [4.78, 5) is 14.2. The van der Waals surface area contributed by atoms with Gasteiger partial charge in [-0.3, -0.25) is 9.69 Å². The maximum Gasteiger partial charge on any atom is 0.306 e. The number of carbonyl (C=O) groups excluding carboxylic acids is 1. The highest BCUT2D eigenvalue weighted by Gasteiger charge is 2.29. The number of aryl methyl sites for hydroxylation is 2. The standard InChI is InChI=1S/C30H43ClFNO4/c1-5-23-15-22(9-11-28(23)31)16-25-8-7-13-33(25)18-26(34)19-37-21(4)27-17-29(32)20(3)14-24(27)10-12-30(35)36-6-2/h9,11,14,17,21-22,25-26,34H,5-8,10,12-13,15-16,18-19H2,1-4H3/t21-,22?,25+,26-/m1/s1. The maximum atomic E-state index is 14.4. The zero-order valence-corrected chi connectivity index (χ0v) is 23.5. The minimum Gasteiger partial charge on any atom is -0.466 e. The summed E-state index contributed by atoms with van der Waals surface area (Å²) in [6.07, 6.45) is 9.27. The van der Waals surface area contributed by atoms with Crippen LogP contribution in [0.2, 0.25) is 0 Å². The average Bonchev–Trinajstić information content (AvgIpc) is 3.30. The minimum absolute atomic E-state index is 0.166. The summed E-state index contributed by atoms with van der Waals surface area (Å²) in [6.45, 7) is 9.55. The van der Waals surface area contributed by atoms with E-state index in [-0.39, 0.29) is 24.8 Å². The molecule has 1 aromatic rings. The number of aliphatic hydroxyl groups is 1. The van der Waals surface area contributed by atoms with Crippen molar-refractivity contribution in [1.29, 1.82) is 0 Å². The molecule has 0 radical (unpaired) electrons. The van der Waals surface area contributed by atoms with Gasteiger partial charge in [0.1, 0.15) is 5.82 Å². The van der Waals surface area contributed by atoms with Crippen LogP contribution >= 0.6 is 11.6 Å². The highest BCUT2D eigenvalue weighted by molar-refractivity contribution is 6.31. The van der Waals surface area contributed by atoms with E-state index in [0.29, 0.717) is 42.7 Å². The van der Waals surface area contributed by atoms with Crippen LogP contribution in [0.3, 0.4) is 0 Å². The van der Waals surface area contributed by atoms with Crippen molar-refractivity contribution in [2.45, 2.75) is 90.9 Å². The summed E-state index contributed by atoms with van der Waals surface area (Å²) >= 11 is 6.33. The molecule has 1 heterocycles. The zero-order chi connectivity index (χ0) is 26.9. The summed E-state index contributed by atoms with van der Waals surface area (Å²) in [5.74, 6) is -0.0841. The second-order valence-electron chi connectivity index (χ2n) is 10.4. The molecule has 0 saturated carbocycles. The third-order valence-corrected chi connectivity index (χ3v) is 8.00. The lowest BCUT2D eigenvalue weighted by Crippen LogP contribution is -2.39. The van der Waals surface area contributed by atoms with Crippen LogP contribution in [-0.2, 0) is 20.7 Å². The Bertz CT molecular complexity index is 979. The number of aliphatic hydroxyl groups excluding tert-OH is 1. The van der Waals surface area contributed by atoms with Crippen LogP contribution < -0.4 is 0 Å². The third kappa shape index (κ3) is 8.64. The fourth-order valence-electron chi connectivity index (χ4n) is 5.54. The molecule has 1 unspecified atom stereocenters. The van der Waals surface area contributed by atoms with E-state index in [9.17, 15) is 14.3 Å². The molecule has 1 aliphatic heterocycles. The molecule has 7 heteroatoms. The van der Waals surface area contributed by atoms with Crippen molar-refractivity contribution in [2.24, 2.45) is 5.92 Å². The van der Waals surface area contributed by atoms with Gasteiger partial charge in [-0.1, -0.05) is 36.2 Å². The van der Waals surface area contributed by atoms with Crippen LogP contribution in [0.1, 0.15) is 82.1 Å². The van der Waals surface area contributed by atoms with Gasteiger partial charge in [0.05, 0.1) is 25.4 Å². The largest absolute Gasteiger partial charge is 0.466 e. The first-order chi connectivity index (χ1) is 17.7. The normalized spacial score (nSPS) is 21.9. The molecule has 4 atom stereocenters. The molecule has 2 aliphatic rings. The molecule has 1 aliphatic carbocycles. The summed E-state index contributed by atoms with van der Waals surface area (Å²) in [5, 5.41) is 11.7. The van der Waals surface area contributed by atoms with Gasteiger partial charge in [-0.05, 0) is 101 Å². The van der Waals surface area contributed by atoms with E-state index in [1.54, 1.807) is 19.9 Å². The topological polar surface area (TPSA) is 59.0 Å². The third-order valence-electron chi connectivity index (χ3n) is 7.61. The minimum atomic E-state index is -0.635. The predicted octanol–water partition coefficient (Wildman–Crippen LogP) is 6.40. The van der Waals surface area contributed by atoms with E-state index in [4.69, 9.17) is 21.1 Å². The number of hydrogen-bond donors (Lipinski definition) is 1. The van der Waals surface area contributed by atoms with E-state index < -0.39 is 12.2 Å². The summed E-state index contributed by atoms with van der Waals surface area (Å²) in [6, 6.07) is 3.71. The summed E-state index contributed by atoms with van der Waals surface area (Å²) in [5.41, 5.74) is 3.44. The Labute approximate surface area is 226 Å². The molecule has 206 valence electrons. The number of allylic oxidation sites excluding steroid dienone is 4. The lowest BCUT2D eigenvalue weighted by Gasteiger charge is -2.30. The van der Waals surface area contributed by atoms with Gasteiger partial charge >= 0.3 is 5.97 Å². The van der Waals surface area contributed by atoms with Gasteiger partial charge in [-0.25, -0.2) is 4.39 Å². The molecule has 1 N–H and O–H groups in total. The van der Waals surface area contributed by atoms with Crippen molar-refractivity contribution in [1.82, 2.24) is 4.90 Å². The molecule has 0 spiro atoms. The zero-order valence-electron chi connectivity index (χ0n) is 22.8. The van der Waals surface area contributed by atoms with Crippen molar-refractivity contribution in [3.8, 4) is 0 Å². The van der Waals surface area contributed by atoms with Gasteiger partial charge in [0.25, 0.3) is 0 Å². The van der Waals surface area contributed by atoms with Gasteiger partial charge in [0.2, 0.25) is 0 Å². The number of hydrogen-bond acceptors (Lipinski definition) is 5. The number of halogens is 2. The molecule has 1 fully saturated rings. The van der Waals surface area contributed by atoms with Crippen molar-refractivity contribution in [3.05, 3.63) is 57.4 Å².